The molecule has 0 bridgehead atoms. The molecule has 1 aromatic carbocycles. The highest BCUT2D eigenvalue weighted by Gasteiger charge is 2.30. The van der Waals surface area contributed by atoms with E-state index < -0.39 is 0 Å². The van der Waals surface area contributed by atoms with Crippen LogP contribution in [0.3, 0.4) is 0 Å². The van der Waals surface area contributed by atoms with Crippen molar-refractivity contribution in [1.82, 2.24) is 9.88 Å². The number of carbonyl (C=O) groups is 1. The first-order valence-electron chi connectivity index (χ1n) is 6.91. The van der Waals surface area contributed by atoms with Gasteiger partial charge < -0.3 is 4.90 Å². The average molecular weight is 289 g/mol. The van der Waals surface area contributed by atoms with Crippen molar-refractivity contribution in [3.8, 4) is 0 Å². The molecule has 1 fully saturated rings. The fourth-order valence-electron chi connectivity index (χ4n) is 2.79. The van der Waals surface area contributed by atoms with Crippen molar-refractivity contribution < 1.29 is 4.79 Å². The van der Waals surface area contributed by atoms with Crippen LogP contribution < -0.4 is 0 Å². The lowest BCUT2D eigenvalue weighted by molar-refractivity contribution is 0.0787. The monoisotopic (exact) mass is 288 g/mol. The molecular weight excluding hydrogens is 272 g/mol. The summed E-state index contributed by atoms with van der Waals surface area (Å²) in [6, 6.07) is 9.31. The standard InChI is InChI=1S/C16H17ClN2O/c1-10-8-19(9-11(10)2)16(20)13-7-15(17)18-14-6-4-3-5-12(13)14/h3-7,10-11H,8-9H2,1-2H3. The van der Waals surface area contributed by atoms with E-state index >= 15 is 0 Å². The molecule has 2 aromatic rings. The van der Waals surface area contributed by atoms with Crippen LogP contribution in [0.15, 0.2) is 30.3 Å². The molecule has 1 aliphatic heterocycles. The number of aromatic nitrogens is 1. The third-order valence-corrected chi connectivity index (χ3v) is 4.38. The number of para-hydroxylation sites is 1. The Morgan fingerprint density at radius 3 is 2.60 bits per heavy atom. The summed E-state index contributed by atoms with van der Waals surface area (Å²) in [6.07, 6.45) is 0. The van der Waals surface area contributed by atoms with Crippen molar-refractivity contribution in [2.75, 3.05) is 13.1 Å². The first-order valence-corrected chi connectivity index (χ1v) is 7.28. The number of hydrogen-bond donors (Lipinski definition) is 0. The van der Waals surface area contributed by atoms with E-state index in [1.807, 2.05) is 29.2 Å². The fraction of sp³-hybridized carbons (Fsp3) is 0.375. The quantitative estimate of drug-likeness (QED) is 0.751. The SMILES string of the molecule is CC1CN(C(=O)c2cc(Cl)nc3ccccc23)CC1C. The van der Waals surface area contributed by atoms with Gasteiger partial charge in [0.05, 0.1) is 11.1 Å². The van der Waals surface area contributed by atoms with Crippen molar-refractivity contribution >= 4 is 28.4 Å². The Morgan fingerprint density at radius 1 is 1.25 bits per heavy atom. The Hall–Kier alpha value is -1.61. The number of nitrogens with zero attached hydrogens (tertiary/aromatic N) is 2. The Labute approximate surface area is 123 Å². The lowest BCUT2D eigenvalue weighted by atomic mass is 10.0. The maximum atomic E-state index is 12.7. The average Bonchev–Trinajstić information content (AvgIpc) is 2.77. The molecule has 1 aromatic heterocycles. The van der Waals surface area contributed by atoms with Gasteiger partial charge in [-0.2, -0.15) is 0 Å². The van der Waals surface area contributed by atoms with E-state index in [9.17, 15) is 4.79 Å². The number of rotatable bonds is 1. The number of pyridine rings is 1. The summed E-state index contributed by atoms with van der Waals surface area (Å²) in [7, 11) is 0. The van der Waals surface area contributed by atoms with Gasteiger partial charge in [-0.15, -0.1) is 0 Å². The molecule has 2 heterocycles. The van der Waals surface area contributed by atoms with E-state index in [4.69, 9.17) is 11.6 Å². The summed E-state index contributed by atoms with van der Waals surface area (Å²) >= 11 is 6.05. The molecule has 0 radical (unpaired) electrons. The molecule has 1 aliphatic rings. The van der Waals surface area contributed by atoms with E-state index in [0.717, 1.165) is 24.0 Å². The topological polar surface area (TPSA) is 33.2 Å². The van der Waals surface area contributed by atoms with Crippen molar-refractivity contribution in [1.29, 1.82) is 0 Å². The van der Waals surface area contributed by atoms with E-state index in [1.54, 1.807) is 6.07 Å². The van der Waals surface area contributed by atoms with Crippen molar-refractivity contribution in [2.45, 2.75) is 13.8 Å². The predicted molar refractivity (Wildman–Crippen MR) is 81.0 cm³/mol. The zero-order valence-electron chi connectivity index (χ0n) is 11.6. The minimum Gasteiger partial charge on any atom is -0.338 e. The Morgan fingerprint density at radius 2 is 1.90 bits per heavy atom. The van der Waals surface area contributed by atoms with Crippen LogP contribution in [0.4, 0.5) is 0 Å². The normalized spacial score (nSPS) is 22.4. The van der Waals surface area contributed by atoms with E-state index in [0.29, 0.717) is 22.6 Å². The number of fused-ring (bicyclic) bond motifs is 1. The highest BCUT2D eigenvalue weighted by atomic mass is 35.5. The molecule has 2 atom stereocenters. The predicted octanol–water partition coefficient (Wildman–Crippen LogP) is 3.62. The van der Waals surface area contributed by atoms with Crippen LogP contribution in [-0.4, -0.2) is 28.9 Å². The van der Waals surface area contributed by atoms with Gasteiger partial charge in [-0.1, -0.05) is 43.6 Å². The molecule has 104 valence electrons. The van der Waals surface area contributed by atoms with Crippen LogP contribution in [0, 0.1) is 11.8 Å². The van der Waals surface area contributed by atoms with Gasteiger partial charge in [0.2, 0.25) is 0 Å². The minimum atomic E-state index is 0.0571. The van der Waals surface area contributed by atoms with Gasteiger partial charge in [-0.05, 0) is 24.0 Å². The third kappa shape index (κ3) is 2.27. The summed E-state index contributed by atoms with van der Waals surface area (Å²) in [4.78, 5) is 18.9. The first kappa shape index (κ1) is 13.4. The van der Waals surface area contributed by atoms with E-state index in [-0.39, 0.29) is 5.91 Å². The molecular formula is C16H17ClN2O. The third-order valence-electron chi connectivity index (χ3n) is 4.19. The molecule has 20 heavy (non-hydrogen) atoms. The highest BCUT2D eigenvalue weighted by Crippen LogP contribution is 2.27. The number of benzene rings is 1. The second-order valence-corrected chi connectivity index (χ2v) is 6.06. The highest BCUT2D eigenvalue weighted by molar-refractivity contribution is 6.30. The summed E-state index contributed by atoms with van der Waals surface area (Å²) in [5, 5.41) is 1.24. The molecule has 0 N–H and O–H groups in total. The number of carbonyl (C=O) groups excluding carboxylic acids is 1. The summed E-state index contributed by atoms with van der Waals surface area (Å²) in [5.41, 5.74) is 1.42. The second kappa shape index (κ2) is 5.06. The lowest BCUT2D eigenvalue weighted by Gasteiger charge is -2.17. The maximum Gasteiger partial charge on any atom is 0.254 e. The van der Waals surface area contributed by atoms with Gasteiger partial charge in [0.25, 0.3) is 5.91 Å². The molecule has 4 heteroatoms. The Kier molecular flexibility index (Phi) is 3.38. The zero-order valence-corrected chi connectivity index (χ0v) is 12.4. The molecule has 0 aliphatic carbocycles. The van der Waals surface area contributed by atoms with Gasteiger partial charge in [-0.25, -0.2) is 4.98 Å². The van der Waals surface area contributed by atoms with Crippen LogP contribution in [0.1, 0.15) is 24.2 Å². The maximum absolute atomic E-state index is 12.7. The number of hydrogen-bond acceptors (Lipinski definition) is 2. The summed E-state index contributed by atoms with van der Waals surface area (Å²) in [6.45, 7) is 6.01. The zero-order chi connectivity index (χ0) is 14.3. The van der Waals surface area contributed by atoms with Crippen molar-refractivity contribution in [2.24, 2.45) is 11.8 Å². The van der Waals surface area contributed by atoms with Crippen LogP contribution in [-0.2, 0) is 0 Å². The van der Waals surface area contributed by atoms with E-state index in [1.165, 1.54) is 0 Å². The van der Waals surface area contributed by atoms with Crippen LogP contribution in [0.25, 0.3) is 10.9 Å². The largest absolute Gasteiger partial charge is 0.338 e. The molecule has 3 nitrogen and oxygen atoms in total. The van der Waals surface area contributed by atoms with Crippen LogP contribution in [0.5, 0.6) is 0 Å². The Balaban J connectivity index is 2.04. The molecule has 1 amide bonds. The molecule has 2 unspecified atom stereocenters. The second-order valence-electron chi connectivity index (χ2n) is 5.67. The van der Waals surface area contributed by atoms with E-state index in [2.05, 4.69) is 18.8 Å². The van der Waals surface area contributed by atoms with Crippen molar-refractivity contribution in [3.05, 3.63) is 41.0 Å². The van der Waals surface area contributed by atoms with Gasteiger partial charge in [-0.3, -0.25) is 4.79 Å². The van der Waals surface area contributed by atoms with Gasteiger partial charge in [0.1, 0.15) is 5.15 Å². The molecule has 0 spiro atoms. The van der Waals surface area contributed by atoms with Crippen LogP contribution >= 0.6 is 11.6 Å². The van der Waals surface area contributed by atoms with Gasteiger partial charge >= 0.3 is 0 Å². The minimum absolute atomic E-state index is 0.0571. The smallest absolute Gasteiger partial charge is 0.254 e. The van der Waals surface area contributed by atoms with Gasteiger partial charge in [0.15, 0.2) is 0 Å². The molecule has 3 rings (SSSR count). The number of halogens is 1. The molecule has 1 saturated heterocycles. The van der Waals surface area contributed by atoms with Crippen LogP contribution in [0.2, 0.25) is 5.15 Å². The number of likely N-dealkylation sites (tertiary alicyclic amines) is 1. The Bertz CT molecular complexity index is 661. The first-order chi connectivity index (χ1) is 9.56. The lowest BCUT2D eigenvalue weighted by Crippen LogP contribution is -2.29. The van der Waals surface area contributed by atoms with Crippen molar-refractivity contribution in [3.63, 3.8) is 0 Å². The summed E-state index contributed by atoms with van der Waals surface area (Å²) in [5.74, 6) is 1.15. The summed E-state index contributed by atoms with van der Waals surface area (Å²) < 4.78 is 0. The number of amides is 1. The fourth-order valence-corrected chi connectivity index (χ4v) is 2.99. The molecule has 0 saturated carbocycles. The van der Waals surface area contributed by atoms with Gasteiger partial charge in [0, 0.05) is 18.5 Å².